The molecule has 0 spiro atoms. The van der Waals surface area contributed by atoms with Gasteiger partial charge in [-0.15, -0.1) is 0 Å². The molecule has 3 rings (SSSR count). The summed E-state index contributed by atoms with van der Waals surface area (Å²) in [7, 11) is 0. The molecule has 0 aliphatic rings. The van der Waals surface area contributed by atoms with Crippen molar-refractivity contribution in [1.82, 2.24) is 14.7 Å². The van der Waals surface area contributed by atoms with Gasteiger partial charge in [0.05, 0.1) is 11.7 Å². The molecule has 2 heterocycles. The van der Waals surface area contributed by atoms with E-state index in [9.17, 15) is 13.6 Å². The van der Waals surface area contributed by atoms with Crippen LogP contribution < -0.4 is 5.73 Å². The highest BCUT2D eigenvalue weighted by Crippen LogP contribution is 2.30. The minimum absolute atomic E-state index is 0.0971. The Labute approximate surface area is 152 Å². The lowest BCUT2D eigenvalue weighted by molar-refractivity contribution is 0.0990. The quantitative estimate of drug-likeness (QED) is 0.659. The van der Waals surface area contributed by atoms with Crippen molar-refractivity contribution in [3.05, 3.63) is 57.7 Å². The van der Waals surface area contributed by atoms with Crippen molar-refractivity contribution in [2.24, 2.45) is 5.73 Å². The molecule has 1 atom stereocenters. The van der Waals surface area contributed by atoms with Crippen molar-refractivity contribution in [3.63, 3.8) is 0 Å². The fraction of sp³-hybridized carbons (Fsp3) is 0.235. The second-order valence-electron chi connectivity index (χ2n) is 5.81. The maximum absolute atomic E-state index is 13.7. The Balaban J connectivity index is 2.22. The van der Waals surface area contributed by atoms with Crippen molar-refractivity contribution >= 4 is 18.1 Å². The SMILES string of the molecule is CCC(c1ccc(F)c(F)c1)n1c(C(N)=O)c(-c2cc(C)on2)[nH]c1=S. The zero-order valence-electron chi connectivity index (χ0n) is 14.0. The van der Waals surface area contributed by atoms with E-state index in [2.05, 4.69) is 10.1 Å². The van der Waals surface area contributed by atoms with E-state index in [1.54, 1.807) is 13.0 Å². The van der Waals surface area contributed by atoms with Gasteiger partial charge in [-0.1, -0.05) is 18.1 Å². The van der Waals surface area contributed by atoms with E-state index < -0.39 is 23.6 Å². The number of nitrogens with two attached hydrogens (primary N) is 1. The van der Waals surface area contributed by atoms with Gasteiger partial charge in [0.2, 0.25) is 0 Å². The van der Waals surface area contributed by atoms with Gasteiger partial charge >= 0.3 is 0 Å². The molecule has 3 N–H and O–H groups in total. The summed E-state index contributed by atoms with van der Waals surface area (Å²) >= 11 is 5.36. The number of hydrogen-bond acceptors (Lipinski definition) is 4. The maximum atomic E-state index is 13.7. The van der Waals surface area contributed by atoms with Gasteiger partial charge in [-0.05, 0) is 43.3 Å². The van der Waals surface area contributed by atoms with Gasteiger partial charge in [0.25, 0.3) is 5.91 Å². The summed E-state index contributed by atoms with van der Waals surface area (Å²) < 4.78 is 33.7. The number of aromatic nitrogens is 3. The second-order valence-corrected chi connectivity index (χ2v) is 6.20. The Kier molecular flexibility index (Phi) is 4.73. The van der Waals surface area contributed by atoms with E-state index in [0.29, 0.717) is 29.1 Å². The number of primary amides is 1. The molecule has 0 radical (unpaired) electrons. The zero-order valence-corrected chi connectivity index (χ0v) is 14.9. The van der Waals surface area contributed by atoms with Gasteiger partial charge in [0.1, 0.15) is 17.1 Å². The average molecular weight is 378 g/mol. The number of aryl methyl sites for hydroxylation is 1. The Morgan fingerprint density at radius 3 is 2.65 bits per heavy atom. The Morgan fingerprint density at radius 1 is 1.38 bits per heavy atom. The molecule has 0 saturated heterocycles. The molecule has 3 aromatic rings. The number of amides is 1. The third-order valence-corrected chi connectivity index (χ3v) is 4.37. The predicted molar refractivity (Wildman–Crippen MR) is 93.2 cm³/mol. The van der Waals surface area contributed by atoms with Crippen LogP contribution in [0.1, 0.15) is 41.2 Å². The van der Waals surface area contributed by atoms with Crippen molar-refractivity contribution in [3.8, 4) is 11.4 Å². The normalized spacial score (nSPS) is 12.3. The molecular formula is C17H16F2N4O2S. The van der Waals surface area contributed by atoms with Gasteiger partial charge < -0.3 is 19.8 Å². The molecule has 1 aromatic carbocycles. The molecule has 136 valence electrons. The molecule has 1 unspecified atom stereocenters. The number of H-pyrrole nitrogens is 1. The third-order valence-electron chi connectivity index (χ3n) is 4.07. The molecule has 0 fully saturated rings. The van der Waals surface area contributed by atoms with E-state index >= 15 is 0 Å². The van der Waals surface area contributed by atoms with Crippen molar-refractivity contribution in [1.29, 1.82) is 0 Å². The number of nitrogens with zero attached hydrogens (tertiary/aromatic N) is 2. The van der Waals surface area contributed by atoms with Crippen LogP contribution in [0.5, 0.6) is 0 Å². The summed E-state index contributed by atoms with van der Waals surface area (Å²) in [6, 6.07) is 4.69. The highest BCUT2D eigenvalue weighted by Gasteiger charge is 2.26. The molecular weight excluding hydrogens is 362 g/mol. The highest BCUT2D eigenvalue weighted by atomic mass is 32.1. The molecule has 0 saturated carbocycles. The number of benzene rings is 1. The molecule has 9 heteroatoms. The van der Waals surface area contributed by atoms with Crippen LogP contribution in [-0.2, 0) is 0 Å². The van der Waals surface area contributed by atoms with E-state index in [-0.39, 0.29) is 10.5 Å². The zero-order chi connectivity index (χ0) is 19.0. The molecule has 6 nitrogen and oxygen atoms in total. The standard InChI is InChI=1S/C17H16F2N4O2S/c1-3-13(9-4-5-10(18)11(19)7-9)23-15(16(20)24)14(21-17(23)26)12-6-8(2)25-22-12/h4-7,13H,3H2,1-2H3,(H2,20,24)(H,21,26). The lowest BCUT2D eigenvalue weighted by Gasteiger charge is -2.19. The fourth-order valence-corrected chi connectivity index (χ4v) is 3.26. The van der Waals surface area contributed by atoms with Crippen LogP contribution in [0, 0.1) is 23.3 Å². The third kappa shape index (κ3) is 3.05. The van der Waals surface area contributed by atoms with Gasteiger partial charge in [0.15, 0.2) is 16.4 Å². The monoisotopic (exact) mass is 378 g/mol. The predicted octanol–water partition coefficient (Wildman–Crippen LogP) is 3.89. The number of aromatic amines is 1. The number of carbonyl (C=O) groups excluding carboxylic acids is 1. The Morgan fingerprint density at radius 2 is 2.12 bits per heavy atom. The number of nitrogens with one attached hydrogen (secondary N) is 1. The van der Waals surface area contributed by atoms with Crippen molar-refractivity contribution in [2.75, 3.05) is 0 Å². The minimum Gasteiger partial charge on any atom is -0.364 e. The molecule has 0 aliphatic carbocycles. The highest BCUT2D eigenvalue weighted by molar-refractivity contribution is 7.71. The number of rotatable bonds is 5. The molecule has 0 bridgehead atoms. The number of carbonyl (C=O) groups is 1. The maximum Gasteiger partial charge on any atom is 0.267 e. The lowest BCUT2D eigenvalue weighted by Crippen LogP contribution is -2.22. The van der Waals surface area contributed by atoms with Gasteiger partial charge in [-0.2, -0.15) is 0 Å². The van der Waals surface area contributed by atoms with E-state index in [4.69, 9.17) is 22.5 Å². The smallest absolute Gasteiger partial charge is 0.267 e. The summed E-state index contributed by atoms with van der Waals surface area (Å²) in [5.41, 5.74) is 6.84. The first kappa shape index (κ1) is 18.0. The molecule has 2 aromatic heterocycles. The first-order valence-electron chi connectivity index (χ1n) is 7.86. The van der Waals surface area contributed by atoms with Crippen LogP contribution in [0.15, 0.2) is 28.8 Å². The van der Waals surface area contributed by atoms with Crippen LogP contribution in [0.25, 0.3) is 11.4 Å². The summed E-state index contributed by atoms with van der Waals surface area (Å²) in [5, 5.41) is 3.88. The van der Waals surface area contributed by atoms with Crippen molar-refractivity contribution in [2.45, 2.75) is 26.3 Å². The summed E-state index contributed by atoms with van der Waals surface area (Å²) in [5.74, 6) is -2.10. The van der Waals surface area contributed by atoms with E-state index in [1.807, 2.05) is 6.92 Å². The Hall–Kier alpha value is -2.81. The fourth-order valence-electron chi connectivity index (χ4n) is 2.94. The first-order valence-corrected chi connectivity index (χ1v) is 8.27. The van der Waals surface area contributed by atoms with Crippen LogP contribution in [-0.4, -0.2) is 20.6 Å². The second kappa shape index (κ2) is 6.83. The van der Waals surface area contributed by atoms with Gasteiger partial charge in [0, 0.05) is 6.07 Å². The van der Waals surface area contributed by atoms with Crippen LogP contribution in [0.3, 0.4) is 0 Å². The summed E-state index contributed by atoms with van der Waals surface area (Å²) in [6.07, 6.45) is 0.467. The average Bonchev–Trinajstić information content (AvgIpc) is 3.15. The molecule has 26 heavy (non-hydrogen) atoms. The van der Waals surface area contributed by atoms with Crippen molar-refractivity contribution < 1.29 is 18.1 Å². The lowest BCUT2D eigenvalue weighted by atomic mass is 10.0. The molecule has 0 aliphatic heterocycles. The topological polar surface area (TPSA) is 89.8 Å². The van der Waals surface area contributed by atoms with Gasteiger partial charge in [-0.3, -0.25) is 4.79 Å². The molecule has 1 amide bonds. The van der Waals surface area contributed by atoms with Crippen LogP contribution in [0.4, 0.5) is 8.78 Å². The summed E-state index contributed by atoms with van der Waals surface area (Å²) in [6.45, 7) is 3.55. The Bertz CT molecular complexity index is 1040. The van der Waals surface area contributed by atoms with Crippen LogP contribution >= 0.6 is 12.2 Å². The minimum atomic E-state index is -0.976. The number of hydrogen-bond donors (Lipinski definition) is 2. The van der Waals surface area contributed by atoms with Gasteiger partial charge in [-0.25, -0.2) is 8.78 Å². The van der Waals surface area contributed by atoms with E-state index in [1.165, 1.54) is 10.6 Å². The van der Waals surface area contributed by atoms with E-state index in [0.717, 1.165) is 12.1 Å². The first-order chi connectivity index (χ1) is 12.3. The van der Waals surface area contributed by atoms with Crippen LogP contribution in [0.2, 0.25) is 0 Å². The number of imidazole rings is 1. The summed E-state index contributed by atoms with van der Waals surface area (Å²) in [4.78, 5) is 15.1. The largest absolute Gasteiger partial charge is 0.364 e. The number of halogens is 2.